The Labute approximate surface area is 70.4 Å². The van der Waals surface area contributed by atoms with Gasteiger partial charge in [-0.25, -0.2) is 0 Å². The lowest BCUT2D eigenvalue weighted by Crippen LogP contribution is -2.13. The van der Waals surface area contributed by atoms with Gasteiger partial charge in [-0.15, -0.1) is 11.8 Å². The van der Waals surface area contributed by atoms with E-state index in [1.54, 1.807) is 6.26 Å². The molecule has 0 aliphatic carbocycles. The molecule has 11 heavy (non-hydrogen) atoms. The summed E-state index contributed by atoms with van der Waals surface area (Å²) in [5, 5.41) is 4.45. The van der Waals surface area contributed by atoms with Gasteiger partial charge in [-0.1, -0.05) is 6.92 Å². The summed E-state index contributed by atoms with van der Waals surface area (Å²) in [6, 6.07) is 3.95. The van der Waals surface area contributed by atoms with Crippen molar-refractivity contribution >= 4 is 11.8 Å². The van der Waals surface area contributed by atoms with Gasteiger partial charge in [-0.2, -0.15) is 0 Å². The lowest BCUT2D eigenvalue weighted by Gasteiger charge is -2.04. The Bertz CT molecular complexity index is 222. The van der Waals surface area contributed by atoms with Crippen LogP contribution in [0.15, 0.2) is 22.8 Å². The first-order valence-electron chi connectivity index (χ1n) is 3.78. The van der Waals surface area contributed by atoms with Crippen LogP contribution >= 0.6 is 11.8 Å². The number of furan rings is 1. The normalized spacial score (nSPS) is 31.0. The van der Waals surface area contributed by atoms with Crippen LogP contribution in [0.4, 0.5) is 0 Å². The van der Waals surface area contributed by atoms with E-state index in [1.807, 2.05) is 23.9 Å². The SMILES string of the molecule is CC1CNC(c2ccco2)S1. The number of hydrogen-bond acceptors (Lipinski definition) is 3. The van der Waals surface area contributed by atoms with Gasteiger partial charge in [0.1, 0.15) is 11.1 Å². The summed E-state index contributed by atoms with van der Waals surface area (Å²) in [6.45, 7) is 3.30. The molecule has 2 rings (SSSR count). The smallest absolute Gasteiger partial charge is 0.130 e. The van der Waals surface area contributed by atoms with Gasteiger partial charge in [0.15, 0.2) is 0 Å². The van der Waals surface area contributed by atoms with Gasteiger partial charge in [0, 0.05) is 11.8 Å². The molecule has 1 aliphatic heterocycles. The molecular weight excluding hydrogens is 158 g/mol. The van der Waals surface area contributed by atoms with Crippen molar-refractivity contribution in [2.24, 2.45) is 0 Å². The largest absolute Gasteiger partial charge is 0.467 e. The van der Waals surface area contributed by atoms with Crippen LogP contribution in [0.2, 0.25) is 0 Å². The molecule has 1 aromatic heterocycles. The molecule has 1 fully saturated rings. The number of rotatable bonds is 1. The van der Waals surface area contributed by atoms with Gasteiger partial charge in [0.05, 0.1) is 6.26 Å². The molecule has 1 aliphatic rings. The Morgan fingerprint density at radius 1 is 1.73 bits per heavy atom. The molecule has 1 N–H and O–H groups in total. The minimum atomic E-state index is 0.375. The van der Waals surface area contributed by atoms with Gasteiger partial charge in [0.25, 0.3) is 0 Å². The van der Waals surface area contributed by atoms with Crippen LogP contribution in [0.25, 0.3) is 0 Å². The second-order valence-corrected chi connectivity index (χ2v) is 4.30. The monoisotopic (exact) mass is 169 g/mol. The Morgan fingerprint density at radius 2 is 2.64 bits per heavy atom. The highest BCUT2D eigenvalue weighted by atomic mass is 32.2. The van der Waals surface area contributed by atoms with Gasteiger partial charge in [-0.05, 0) is 12.1 Å². The summed E-state index contributed by atoms with van der Waals surface area (Å²) in [7, 11) is 0. The van der Waals surface area contributed by atoms with E-state index >= 15 is 0 Å². The highest BCUT2D eigenvalue weighted by Gasteiger charge is 2.24. The molecule has 3 heteroatoms. The molecule has 0 spiro atoms. The zero-order chi connectivity index (χ0) is 7.68. The fourth-order valence-corrected chi connectivity index (χ4v) is 2.33. The predicted molar refractivity (Wildman–Crippen MR) is 46.5 cm³/mol. The molecule has 2 atom stereocenters. The number of thioether (sulfide) groups is 1. The molecule has 1 aromatic rings. The average molecular weight is 169 g/mol. The van der Waals surface area contributed by atoms with E-state index in [0.29, 0.717) is 10.6 Å². The zero-order valence-electron chi connectivity index (χ0n) is 6.41. The van der Waals surface area contributed by atoms with Crippen LogP contribution in [0, 0.1) is 0 Å². The maximum absolute atomic E-state index is 5.28. The summed E-state index contributed by atoms with van der Waals surface area (Å²) in [5.41, 5.74) is 0. The van der Waals surface area contributed by atoms with E-state index in [0.717, 1.165) is 12.3 Å². The number of nitrogens with one attached hydrogen (secondary N) is 1. The fourth-order valence-electron chi connectivity index (χ4n) is 1.21. The first-order valence-corrected chi connectivity index (χ1v) is 4.73. The van der Waals surface area contributed by atoms with Crippen molar-refractivity contribution < 1.29 is 4.42 Å². The Kier molecular flexibility index (Phi) is 1.92. The van der Waals surface area contributed by atoms with E-state index in [1.165, 1.54) is 0 Å². The van der Waals surface area contributed by atoms with Gasteiger partial charge in [0.2, 0.25) is 0 Å². The van der Waals surface area contributed by atoms with E-state index in [-0.39, 0.29) is 0 Å². The molecule has 1 saturated heterocycles. The molecule has 2 heterocycles. The van der Waals surface area contributed by atoms with Crippen molar-refractivity contribution in [2.75, 3.05) is 6.54 Å². The molecule has 0 saturated carbocycles. The summed E-state index contributed by atoms with van der Waals surface area (Å²) in [6.07, 6.45) is 1.72. The average Bonchev–Trinajstić information content (AvgIpc) is 2.55. The molecule has 60 valence electrons. The zero-order valence-corrected chi connectivity index (χ0v) is 7.23. The second-order valence-electron chi connectivity index (χ2n) is 2.75. The van der Waals surface area contributed by atoms with Gasteiger partial charge < -0.3 is 4.42 Å². The Hall–Kier alpha value is -0.410. The molecule has 0 bridgehead atoms. The molecule has 2 unspecified atom stereocenters. The van der Waals surface area contributed by atoms with Crippen LogP contribution in [0.5, 0.6) is 0 Å². The third-order valence-electron chi connectivity index (χ3n) is 1.76. The topological polar surface area (TPSA) is 25.2 Å². The van der Waals surface area contributed by atoms with Crippen molar-refractivity contribution in [1.29, 1.82) is 0 Å². The first kappa shape index (κ1) is 7.25. The lowest BCUT2D eigenvalue weighted by atomic mass is 10.4. The van der Waals surface area contributed by atoms with Crippen molar-refractivity contribution in [3.8, 4) is 0 Å². The maximum atomic E-state index is 5.28. The molecule has 0 aromatic carbocycles. The summed E-state index contributed by atoms with van der Waals surface area (Å²) >= 11 is 1.92. The summed E-state index contributed by atoms with van der Waals surface area (Å²) in [5.74, 6) is 1.04. The van der Waals surface area contributed by atoms with E-state index < -0.39 is 0 Å². The predicted octanol–water partition coefficient (Wildman–Crippen LogP) is 2.00. The van der Waals surface area contributed by atoms with Crippen LogP contribution in [0.3, 0.4) is 0 Å². The third-order valence-corrected chi connectivity index (χ3v) is 3.06. The minimum Gasteiger partial charge on any atom is -0.467 e. The van der Waals surface area contributed by atoms with Crippen LogP contribution in [-0.2, 0) is 0 Å². The standard InChI is InChI=1S/C8H11NOS/c1-6-5-9-8(11-6)7-3-2-4-10-7/h2-4,6,8-9H,5H2,1H3. The Morgan fingerprint density at radius 3 is 3.18 bits per heavy atom. The maximum Gasteiger partial charge on any atom is 0.130 e. The van der Waals surface area contributed by atoms with Crippen molar-refractivity contribution in [3.05, 3.63) is 24.2 Å². The fraction of sp³-hybridized carbons (Fsp3) is 0.500. The second kappa shape index (κ2) is 2.91. The summed E-state index contributed by atoms with van der Waals surface area (Å²) < 4.78 is 5.28. The first-order chi connectivity index (χ1) is 5.36. The lowest BCUT2D eigenvalue weighted by molar-refractivity contribution is 0.487. The number of hydrogen-bond donors (Lipinski definition) is 1. The molecular formula is C8H11NOS. The highest BCUT2D eigenvalue weighted by Crippen LogP contribution is 2.34. The molecule has 0 amide bonds. The van der Waals surface area contributed by atoms with Crippen molar-refractivity contribution in [3.63, 3.8) is 0 Å². The van der Waals surface area contributed by atoms with Crippen LogP contribution < -0.4 is 5.32 Å². The van der Waals surface area contributed by atoms with E-state index in [9.17, 15) is 0 Å². The van der Waals surface area contributed by atoms with Crippen molar-refractivity contribution in [1.82, 2.24) is 5.32 Å². The van der Waals surface area contributed by atoms with Gasteiger partial charge in [-0.3, -0.25) is 5.32 Å². The van der Waals surface area contributed by atoms with Crippen LogP contribution in [-0.4, -0.2) is 11.8 Å². The van der Waals surface area contributed by atoms with E-state index in [2.05, 4.69) is 12.2 Å². The van der Waals surface area contributed by atoms with Crippen molar-refractivity contribution in [2.45, 2.75) is 17.5 Å². The van der Waals surface area contributed by atoms with Gasteiger partial charge >= 0.3 is 0 Å². The highest BCUT2D eigenvalue weighted by molar-refractivity contribution is 8.00. The molecule has 0 radical (unpaired) electrons. The minimum absolute atomic E-state index is 0.375. The summed E-state index contributed by atoms with van der Waals surface area (Å²) in [4.78, 5) is 0. The Balaban J connectivity index is 2.08. The molecule has 2 nitrogen and oxygen atoms in total. The van der Waals surface area contributed by atoms with Crippen LogP contribution in [0.1, 0.15) is 18.1 Å². The quantitative estimate of drug-likeness (QED) is 0.696. The third kappa shape index (κ3) is 1.44. The van der Waals surface area contributed by atoms with E-state index in [4.69, 9.17) is 4.42 Å².